The minimum Gasteiger partial charge on any atom is -0.469 e. The number of hydrogen-bond acceptors (Lipinski definition) is 4. The molecule has 0 aromatic heterocycles. The molecule has 0 N–H and O–H groups in total. The molecule has 0 aliphatic heterocycles. The Morgan fingerprint density at radius 1 is 1.13 bits per heavy atom. The summed E-state index contributed by atoms with van der Waals surface area (Å²) in [6.45, 7) is 5.63. The van der Waals surface area contributed by atoms with E-state index in [-0.39, 0.29) is 36.8 Å². The zero-order chi connectivity index (χ0) is 11.8. The highest BCUT2D eigenvalue weighted by Crippen LogP contribution is 2.10. The number of carbonyl (C=O) groups is 2. The van der Waals surface area contributed by atoms with Crippen molar-refractivity contribution in [1.82, 2.24) is 0 Å². The predicted molar refractivity (Wildman–Crippen MR) is 56.3 cm³/mol. The Morgan fingerprint density at radius 2 is 1.67 bits per heavy atom. The summed E-state index contributed by atoms with van der Waals surface area (Å²) in [7, 11) is 1.34. The van der Waals surface area contributed by atoms with E-state index in [1.807, 2.05) is 20.8 Å². The summed E-state index contributed by atoms with van der Waals surface area (Å²) in [5, 5.41) is 0. The molecule has 0 rings (SSSR count). The van der Waals surface area contributed by atoms with Gasteiger partial charge in [0.2, 0.25) is 0 Å². The van der Waals surface area contributed by atoms with Crippen LogP contribution in [-0.2, 0) is 19.1 Å². The fourth-order valence-electron chi connectivity index (χ4n) is 1.08. The SMILES string of the molecule is CCC(C)OC(=O)CC(C)CC(=O)OC. The largest absolute Gasteiger partial charge is 0.469 e. The van der Waals surface area contributed by atoms with Gasteiger partial charge in [0.15, 0.2) is 0 Å². The van der Waals surface area contributed by atoms with E-state index in [0.29, 0.717) is 0 Å². The van der Waals surface area contributed by atoms with Crippen molar-refractivity contribution in [3.63, 3.8) is 0 Å². The zero-order valence-electron chi connectivity index (χ0n) is 9.91. The molecule has 0 heterocycles. The van der Waals surface area contributed by atoms with Crippen LogP contribution in [-0.4, -0.2) is 25.2 Å². The molecule has 88 valence electrons. The molecule has 4 heteroatoms. The zero-order valence-corrected chi connectivity index (χ0v) is 9.91. The van der Waals surface area contributed by atoms with Gasteiger partial charge in [0.05, 0.1) is 13.2 Å². The Bertz CT molecular complexity index is 213. The number of methoxy groups -OCH3 is 1. The van der Waals surface area contributed by atoms with Crippen LogP contribution in [0.2, 0.25) is 0 Å². The highest BCUT2D eigenvalue weighted by molar-refractivity contribution is 5.73. The van der Waals surface area contributed by atoms with Crippen LogP contribution in [0.3, 0.4) is 0 Å². The van der Waals surface area contributed by atoms with Crippen molar-refractivity contribution in [2.75, 3.05) is 7.11 Å². The van der Waals surface area contributed by atoms with Gasteiger partial charge in [-0.05, 0) is 19.3 Å². The average Bonchev–Trinajstić information content (AvgIpc) is 2.16. The van der Waals surface area contributed by atoms with Crippen LogP contribution < -0.4 is 0 Å². The molecular weight excluding hydrogens is 196 g/mol. The summed E-state index contributed by atoms with van der Waals surface area (Å²) in [5.74, 6) is -0.575. The highest BCUT2D eigenvalue weighted by atomic mass is 16.5. The molecule has 0 saturated carbocycles. The highest BCUT2D eigenvalue weighted by Gasteiger charge is 2.15. The van der Waals surface area contributed by atoms with Gasteiger partial charge >= 0.3 is 11.9 Å². The summed E-state index contributed by atoms with van der Waals surface area (Å²) in [4.78, 5) is 22.2. The molecule has 0 aromatic carbocycles. The van der Waals surface area contributed by atoms with Crippen LogP contribution in [0.5, 0.6) is 0 Å². The predicted octanol–water partition coefficient (Wildman–Crippen LogP) is 1.92. The number of hydrogen-bond donors (Lipinski definition) is 0. The molecule has 4 nitrogen and oxygen atoms in total. The monoisotopic (exact) mass is 216 g/mol. The molecule has 0 saturated heterocycles. The minimum absolute atomic E-state index is 0.0333. The Balaban J connectivity index is 3.81. The van der Waals surface area contributed by atoms with Gasteiger partial charge in [-0.2, -0.15) is 0 Å². The van der Waals surface area contributed by atoms with Gasteiger partial charge < -0.3 is 9.47 Å². The van der Waals surface area contributed by atoms with Gasteiger partial charge in [-0.1, -0.05) is 13.8 Å². The van der Waals surface area contributed by atoms with E-state index < -0.39 is 0 Å². The topological polar surface area (TPSA) is 52.6 Å². The first-order chi connectivity index (χ1) is 6.99. The van der Waals surface area contributed by atoms with E-state index >= 15 is 0 Å². The third-order valence-corrected chi connectivity index (χ3v) is 2.17. The normalized spacial score (nSPS) is 14.1. The third-order valence-electron chi connectivity index (χ3n) is 2.17. The average molecular weight is 216 g/mol. The molecule has 0 fully saturated rings. The second-order valence-corrected chi connectivity index (χ2v) is 3.80. The lowest BCUT2D eigenvalue weighted by atomic mass is 10.0. The summed E-state index contributed by atoms with van der Waals surface area (Å²) in [5.41, 5.74) is 0. The van der Waals surface area contributed by atoms with E-state index in [4.69, 9.17) is 4.74 Å². The maximum atomic E-state index is 11.3. The molecule has 0 radical (unpaired) electrons. The first-order valence-corrected chi connectivity index (χ1v) is 5.25. The van der Waals surface area contributed by atoms with Gasteiger partial charge in [-0.3, -0.25) is 9.59 Å². The van der Waals surface area contributed by atoms with Crippen molar-refractivity contribution < 1.29 is 19.1 Å². The third kappa shape index (κ3) is 6.94. The minimum atomic E-state index is -0.293. The fraction of sp³-hybridized carbons (Fsp3) is 0.818. The van der Waals surface area contributed by atoms with E-state index in [2.05, 4.69) is 4.74 Å². The number of esters is 2. The molecule has 0 spiro atoms. The Morgan fingerprint density at radius 3 is 2.13 bits per heavy atom. The quantitative estimate of drug-likeness (QED) is 0.636. The van der Waals surface area contributed by atoms with Crippen molar-refractivity contribution in [3.8, 4) is 0 Å². The maximum absolute atomic E-state index is 11.3. The van der Waals surface area contributed by atoms with Crippen LogP contribution in [0.15, 0.2) is 0 Å². The van der Waals surface area contributed by atoms with E-state index in [9.17, 15) is 9.59 Å². The van der Waals surface area contributed by atoms with E-state index in [1.54, 1.807) is 0 Å². The molecule has 0 aromatic rings. The first kappa shape index (κ1) is 13.9. The standard InChI is InChI=1S/C11H20O4/c1-5-9(3)15-11(13)7-8(2)6-10(12)14-4/h8-9H,5-7H2,1-4H3. The van der Waals surface area contributed by atoms with Crippen molar-refractivity contribution in [3.05, 3.63) is 0 Å². The fourth-order valence-corrected chi connectivity index (χ4v) is 1.08. The van der Waals surface area contributed by atoms with Crippen LogP contribution in [0.4, 0.5) is 0 Å². The van der Waals surface area contributed by atoms with Gasteiger partial charge in [0, 0.05) is 12.8 Å². The second-order valence-electron chi connectivity index (χ2n) is 3.80. The molecule has 0 aliphatic carbocycles. The van der Waals surface area contributed by atoms with Crippen LogP contribution in [0.1, 0.15) is 40.0 Å². The summed E-state index contributed by atoms with van der Waals surface area (Å²) in [6.07, 6.45) is 1.27. The van der Waals surface area contributed by atoms with Crippen LogP contribution in [0.25, 0.3) is 0 Å². The lowest BCUT2D eigenvalue weighted by molar-refractivity contribution is -0.150. The van der Waals surface area contributed by atoms with E-state index in [0.717, 1.165) is 6.42 Å². The van der Waals surface area contributed by atoms with Crippen molar-refractivity contribution in [2.45, 2.75) is 46.1 Å². The molecule has 2 atom stereocenters. The van der Waals surface area contributed by atoms with Gasteiger partial charge in [-0.15, -0.1) is 0 Å². The molecular formula is C11H20O4. The Kier molecular flexibility index (Phi) is 6.75. The van der Waals surface area contributed by atoms with Crippen molar-refractivity contribution >= 4 is 11.9 Å². The smallest absolute Gasteiger partial charge is 0.306 e. The van der Waals surface area contributed by atoms with Crippen molar-refractivity contribution in [1.29, 1.82) is 0 Å². The maximum Gasteiger partial charge on any atom is 0.306 e. The molecule has 0 bridgehead atoms. The molecule has 2 unspecified atom stereocenters. The number of carbonyl (C=O) groups excluding carboxylic acids is 2. The molecule has 0 aliphatic rings. The van der Waals surface area contributed by atoms with Crippen LogP contribution in [0, 0.1) is 5.92 Å². The molecule has 0 amide bonds. The molecule has 15 heavy (non-hydrogen) atoms. The summed E-state index contributed by atoms with van der Waals surface area (Å²) in [6, 6.07) is 0. The number of ether oxygens (including phenoxy) is 2. The van der Waals surface area contributed by atoms with Gasteiger partial charge in [-0.25, -0.2) is 0 Å². The lowest BCUT2D eigenvalue weighted by Crippen LogP contribution is -2.17. The van der Waals surface area contributed by atoms with Crippen molar-refractivity contribution in [2.24, 2.45) is 5.92 Å². The van der Waals surface area contributed by atoms with Gasteiger partial charge in [0.1, 0.15) is 0 Å². The summed E-state index contributed by atoms with van der Waals surface area (Å²) >= 11 is 0. The van der Waals surface area contributed by atoms with Gasteiger partial charge in [0.25, 0.3) is 0 Å². The van der Waals surface area contributed by atoms with E-state index in [1.165, 1.54) is 7.11 Å². The second kappa shape index (κ2) is 7.26. The number of rotatable bonds is 6. The summed E-state index contributed by atoms with van der Waals surface area (Å²) < 4.78 is 9.61. The van der Waals surface area contributed by atoms with Crippen LogP contribution >= 0.6 is 0 Å². The lowest BCUT2D eigenvalue weighted by Gasteiger charge is -2.13. The Hall–Kier alpha value is -1.06. The Labute approximate surface area is 90.9 Å². The first-order valence-electron chi connectivity index (χ1n) is 5.25.